The highest BCUT2D eigenvalue weighted by Gasteiger charge is 2.19. The number of carbonyl (C=O) groups is 1. The quantitative estimate of drug-likeness (QED) is 0.476. The first-order valence-electron chi connectivity index (χ1n) is 5.79. The standard InChI is InChI=1S/C13H17NO5/c1-9-5-6-11(10(7-9)14(16)17)18-8-12(15)19-13(2,3)4/h5-7H,8H2,1-4H3. The fourth-order valence-corrected chi connectivity index (χ4v) is 1.40. The van der Waals surface area contributed by atoms with Crippen LogP contribution in [0, 0.1) is 17.0 Å². The molecule has 6 nitrogen and oxygen atoms in total. The second-order valence-corrected chi connectivity index (χ2v) is 5.10. The molecule has 104 valence electrons. The Balaban J connectivity index is 2.73. The van der Waals surface area contributed by atoms with Gasteiger partial charge in [-0.2, -0.15) is 0 Å². The summed E-state index contributed by atoms with van der Waals surface area (Å²) in [6.45, 7) is 6.59. The van der Waals surface area contributed by atoms with E-state index < -0.39 is 16.5 Å². The zero-order valence-corrected chi connectivity index (χ0v) is 11.4. The van der Waals surface area contributed by atoms with Gasteiger partial charge in [0, 0.05) is 6.07 Å². The molecule has 19 heavy (non-hydrogen) atoms. The van der Waals surface area contributed by atoms with Crippen LogP contribution in [0.4, 0.5) is 5.69 Å². The van der Waals surface area contributed by atoms with E-state index >= 15 is 0 Å². The molecule has 0 spiro atoms. The summed E-state index contributed by atoms with van der Waals surface area (Å²) >= 11 is 0. The number of esters is 1. The van der Waals surface area contributed by atoms with Crippen LogP contribution in [-0.4, -0.2) is 23.1 Å². The van der Waals surface area contributed by atoms with Crippen molar-refractivity contribution in [2.24, 2.45) is 0 Å². The molecule has 0 N–H and O–H groups in total. The van der Waals surface area contributed by atoms with Crippen molar-refractivity contribution < 1.29 is 19.2 Å². The maximum absolute atomic E-state index is 11.5. The van der Waals surface area contributed by atoms with Crippen LogP contribution in [0.2, 0.25) is 0 Å². The summed E-state index contributed by atoms with van der Waals surface area (Å²) in [7, 11) is 0. The van der Waals surface area contributed by atoms with Gasteiger partial charge >= 0.3 is 11.7 Å². The monoisotopic (exact) mass is 267 g/mol. The van der Waals surface area contributed by atoms with Gasteiger partial charge in [-0.3, -0.25) is 10.1 Å². The molecule has 0 heterocycles. The van der Waals surface area contributed by atoms with E-state index in [0.29, 0.717) is 0 Å². The average molecular weight is 267 g/mol. The Bertz CT molecular complexity index is 490. The minimum Gasteiger partial charge on any atom is -0.475 e. The van der Waals surface area contributed by atoms with Crippen LogP contribution in [0.1, 0.15) is 26.3 Å². The minimum absolute atomic E-state index is 0.0569. The van der Waals surface area contributed by atoms with E-state index in [0.717, 1.165) is 5.56 Å². The topological polar surface area (TPSA) is 78.7 Å². The van der Waals surface area contributed by atoms with Gasteiger partial charge in [0.05, 0.1) is 4.92 Å². The number of nitrogens with zero attached hydrogens (tertiary/aromatic N) is 1. The molecule has 0 aliphatic rings. The first-order valence-corrected chi connectivity index (χ1v) is 5.79. The van der Waals surface area contributed by atoms with Crippen LogP contribution in [0.25, 0.3) is 0 Å². The molecule has 0 saturated carbocycles. The number of nitro benzene ring substituents is 1. The van der Waals surface area contributed by atoms with Crippen molar-refractivity contribution in [3.8, 4) is 5.75 Å². The number of ether oxygens (including phenoxy) is 2. The van der Waals surface area contributed by atoms with Gasteiger partial charge in [-0.25, -0.2) is 4.79 Å². The summed E-state index contributed by atoms with van der Waals surface area (Å²) in [5.41, 5.74) is -0.0282. The lowest BCUT2D eigenvalue weighted by molar-refractivity contribution is -0.385. The fourth-order valence-electron chi connectivity index (χ4n) is 1.40. The molecule has 6 heteroatoms. The Morgan fingerprint density at radius 2 is 2.00 bits per heavy atom. The molecule has 0 saturated heterocycles. The molecule has 0 bridgehead atoms. The number of rotatable bonds is 4. The highest BCUT2D eigenvalue weighted by molar-refractivity contribution is 5.71. The second kappa shape index (κ2) is 5.69. The van der Waals surface area contributed by atoms with Crippen molar-refractivity contribution in [3.05, 3.63) is 33.9 Å². The van der Waals surface area contributed by atoms with Crippen LogP contribution in [0.5, 0.6) is 5.75 Å². The number of hydrogen-bond acceptors (Lipinski definition) is 5. The number of aryl methyl sites for hydroxylation is 1. The van der Waals surface area contributed by atoms with E-state index in [1.807, 2.05) is 0 Å². The zero-order valence-electron chi connectivity index (χ0n) is 11.4. The summed E-state index contributed by atoms with van der Waals surface area (Å²) in [6, 6.07) is 4.54. The van der Waals surface area contributed by atoms with Crippen LogP contribution >= 0.6 is 0 Å². The van der Waals surface area contributed by atoms with Gasteiger partial charge in [-0.1, -0.05) is 6.07 Å². The second-order valence-electron chi connectivity index (χ2n) is 5.10. The Morgan fingerprint density at radius 3 is 2.53 bits per heavy atom. The first kappa shape index (κ1) is 14.9. The molecule has 0 radical (unpaired) electrons. The van der Waals surface area contributed by atoms with Gasteiger partial charge in [0.15, 0.2) is 12.4 Å². The minimum atomic E-state index is -0.611. The highest BCUT2D eigenvalue weighted by atomic mass is 16.6. The largest absolute Gasteiger partial charge is 0.475 e. The van der Waals surface area contributed by atoms with E-state index in [1.165, 1.54) is 12.1 Å². The van der Waals surface area contributed by atoms with Crippen LogP contribution in [0.15, 0.2) is 18.2 Å². The highest BCUT2D eigenvalue weighted by Crippen LogP contribution is 2.27. The predicted molar refractivity (Wildman–Crippen MR) is 69.2 cm³/mol. The molecule has 0 aliphatic carbocycles. The van der Waals surface area contributed by atoms with Crippen molar-refractivity contribution in [1.29, 1.82) is 0 Å². The molecular formula is C13H17NO5. The van der Waals surface area contributed by atoms with Gasteiger partial charge in [0.2, 0.25) is 0 Å². The van der Waals surface area contributed by atoms with Gasteiger partial charge in [-0.15, -0.1) is 0 Å². The van der Waals surface area contributed by atoms with Gasteiger partial charge < -0.3 is 9.47 Å². The Morgan fingerprint density at radius 1 is 1.37 bits per heavy atom. The zero-order chi connectivity index (χ0) is 14.6. The van der Waals surface area contributed by atoms with Crippen LogP contribution in [-0.2, 0) is 9.53 Å². The van der Waals surface area contributed by atoms with Crippen molar-refractivity contribution in [2.75, 3.05) is 6.61 Å². The molecule has 1 aromatic rings. The maximum Gasteiger partial charge on any atom is 0.344 e. The summed E-state index contributed by atoms with van der Waals surface area (Å²) in [5.74, 6) is -0.510. The summed E-state index contributed by atoms with van der Waals surface area (Å²) < 4.78 is 10.2. The van der Waals surface area contributed by atoms with Crippen molar-refractivity contribution >= 4 is 11.7 Å². The first-order chi connectivity index (χ1) is 8.69. The number of hydrogen-bond donors (Lipinski definition) is 0. The van der Waals surface area contributed by atoms with E-state index in [4.69, 9.17) is 9.47 Å². The Hall–Kier alpha value is -2.11. The lowest BCUT2D eigenvalue weighted by atomic mass is 10.2. The summed E-state index contributed by atoms with van der Waals surface area (Å²) in [5, 5.41) is 10.9. The smallest absolute Gasteiger partial charge is 0.344 e. The molecular weight excluding hydrogens is 250 g/mol. The molecule has 0 amide bonds. The number of nitro groups is 1. The third kappa shape index (κ3) is 4.95. The fraction of sp³-hybridized carbons (Fsp3) is 0.462. The Labute approximate surface area is 111 Å². The lowest BCUT2D eigenvalue weighted by Gasteiger charge is -2.19. The van der Waals surface area contributed by atoms with Gasteiger partial charge in [0.1, 0.15) is 5.60 Å². The molecule has 0 atom stereocenters. The van der Waals surface area contributed by atoms with Crippen LogP contribution in [0.3, 0.4) is 0 Å². The van der Waals surface area contributed by atoms with E-state index in [-0.39, 0.29) is 18.0 Å². The van der Waals surface area contributed by atoms with Crippen molar-refractivity contribution in [2.45, 2.75) is 33.3 Å². The van der Waals surface area contributed by atoms with Crippen molar-refractivity contribution in [3.63, 3.8) is 0 Å². The number of benzene rings is 1. The maximum atomic E-state index is 11.5. The summed E-state index contributed by atoms with van der Waals surface area (Å²) in [4.78, 5) is 21.8. The SMILES string of the molecule is Cc1ccc(OCC(=O)OC(C)(C)C)c([N+](=O)[O-])c1. The van der Waals surface area contributed by atoms with Crippen molar-refractivity contribution in [1.82, 2.24) is 0 Å². The predicted octanol–water partition coefficient (Wildman–Crippen LogP) is 2.62. The van der Waals surface area contributed by atoms with Gasteiger partial charge in [-0.05, 0) is 39.3 Å². The Kier molecular flexibility index (Phi) is 4.47. The lowest BCUT2D eigenvalue weighted by Crippen LogP contribution is -2.27. The average Bonchev–Trinajstić information content (AvgIpc) is 2.24. The summed E-state index contributed by atoms with van der Waals surface area (Å²) in [6.07, 6.45) is 0. The number of carbonyl (C=O) groups excluding carboxylic acids is 1. The van der Waals surface area contributed by atoms with E-state index in [2.05, 4.69) is 0 Å². The molecule has 1 aromatic carbocycles. The molecule has 0 aromatic heterocycles. The molecule has 0 aliphatic heterocycles. The molecule has 1 rings (SSSR count). The van der Waals surface area contributed by atoms with E-state index in [1.54, 1.807) is 33.8 Å². The molecule has 0 fully saturated rings. The van der Waals surface area contributed by atoms with Gasteiger partial charge in [0.25, 0.3) is 0 Å². The van der Waals surface area contributed by atoms with Crippen LogP contribution < -0.4 is 4.74 Å². The third-order valence-electron chi connectivity index (χ3n) is 2.08. The molecule has 0 unspecified atom stereocenters. The third-order valence-corrected chi connectivity index (χ3v) is 2.08. The normalized spacial score (nSPS) is 10.9. The van der Waals surface area contributed by atoms with E-state index in [9.17, 15) is 14.9 Å².